The summed E-state index contributed by atoms with van der Waals surface area (Å²) in [6.45, 7) is 6.86. The summed E-state index contributed by atoms with van der Waals surface area (Å²) in [5, 5.41) is 24.5. The van der Waals surface area contributed by atoms with Gasteiger partial charge in [0.05, 0.1) is 18.0 Å². The van der Waals surface area contributed by atoms with Gasteiger partial charge in [0.2, 0.25) is 5.91 Å². The monoisotopic (exact) mass is 499 g/mol. The van der Waals surface area contributed by atoms with Crippen molar-refractivity contribution < 1.29 is 28.0 Å². The highest BCUT2D eigenvalue weighted by atomic mass is 32.2. The highest BCUT2D eigenvalue weighted by Gasteiger charge is 2.63. The number of hydrogen-bond acceptors (Lipinski definition) is 5. The maximum atomic E-state index is 12.2. The number of aliphatic hydroxyl groups excluding tert-OH is 2. The lowest BCUT2D eigenvalue weighted by Gasteiger charge is -2.62. The van der Waals surface area contributed by atoms with Gasteiger partial charge in [-0.25, -0.2) is 0 Å². The average Bonchev–Trinajstić information content (AvgIpc) is 3.11. The van der Waals surface area contributed by atoms with Crippen molar-refractivity contribution >= 4 is 16.0 Å². The molecule has 0 aromatic rings. The van der Waals surface area contributed by atoms with Gasteiger partial charge in [-0.3, -0.25) is 9.35 Å². The molecule has 196 valence electrons. The van der Waals surface area contributed by atoms with Crippen LogP contribution in [0.3, 0.4) is 0 Å². The fourth-order valence-electron chi connectivity index (χ4n) is 9.13. The predicted molar refractivity (Wildman–Crippen MR) is 130 cm³/mol. The van der Waals surface area contributed by atoms with Crippen LogP contribution in [0.25, 0.3) is 0 Å². The summed E-state index contributed by atoms with van der Waals surface area (Å²) >= 11 is 0. The minimum absolute atomic E-state index is 0.0756. The number of fused-ring (bicyclic) bond motifs is 5. The van der Waals surface area contributed by atoms with E-state index in [1.165, 1.54) is 12.8 Å². The van der Waals surface area contributed by atoms with Crippen molar-refractivity contribution in [3.63, 3.8) is 0 Å². The van der Waals surface area contributed by atoms with Crippen molar-refractivity contribution in [3.8, 4) is 0 Å². The quantitative estimate of drug-likeness (QED) is 0.398. The molecule has 8 heteroatoms. The molecule has 1 amide bonds. The largest absolute Gasteiger partial charge is 0.393 e. The molecule has 0 radical (unpaired) electrons. The van der Waals surface area contributed by atoms with Gasteiger partial charge >= 0.3 is 0 Å². The fourth-order valence-corrected chi connectivity index (χ4v) is 9.49. The molecule has 4 fully saturated rings. The lowest BCUT2D eigenvalue weighted by molar-refractivity contribution is -0.174. The topological polar surface area (TPSA) is 124 Å². The van der Waals surface area contributed by atoms with Crippen LogP contribution in [0.4, 0.5) is 0 Å². The number of rotatable bonds is 7. The number of nitrogens with one attached hydrogen (secondary N) is 1. The molecule has 0 unspecified atom stereocenters. The highest BCUT2D eigenvalue weighted by Crippen LogP contribution is 2.68. The molecule has 0 saturated heterocycles. The van der Waals surface area contributed by atoms with E-state index >= 15 is 0 Å². The van der Waals surface area contributed by atoms with Gasteiger partial charge in [0, 0.05) is 13.0 Å². The number of amides is 1. The van der Waals surface area contributed by atoms with Gasteiger partial charge in [0.25, 0.3) is 10.1 Å². The molecule has 0 spiro atoms. The molecule has 4 N–H and O–H groups in total. The molecule has 4 aliphatic rings. The van der Waals surface area contributed by atoms with Crippen LogP contribution in [0, 0.1) is 46.3 Å². The van der Waals surface area contributed by atoms with Crippen LogP contribution in [-0.4, -0.2) is 53.6 Å². The van der Waals surface area contributed by atoms with Gasteiger partial charge in [-0.05, 0) is 104 Å². The molecular formula is C26H45NO6S. The van der Waals surface area contributed by atoms with Crippen LogP contribution in [-0.2, 0) is 14.9 Å². The predicted octanol–water partition coefficient (Wildman–Crippen LogP) is 3.40. The zero-order valence-electron chi connectivity index (χ0n) is 21.1. The first-order chi connectivity index (χ1) is 15.9. The lowest BCUT2D eigenvalue weighted by Crippen LogP contribution is -2.58. The lowest BCUT2D eigenvalue weighted by atomic mass is 9.43. The first-order valence-electron chi connectivity index (χ1n) is 13.4. The van der Waals surface area contributed by atoms with Crippen molar-refractivity contribution in [1.29, 1.82) is 0 Å². The smallest absolute Gasteiger partial charge is 0.266 e. The third-order valence-corrected chi connectivity index (χ3v) is 11.7. The standard InChI is InChI=1S/C26H45NO6S/c1-16(4-9-24(30)27-12-13-34(31,32)33)20-7-8-21-19-6-5-17-14-18(28)10-11-25(17,2)22(19)15-23(29)26(20,21)3/h16-23,28-29H,4-15H2,1-3H3,(H,27,30)(H,31,32,33)/t16-,17-,18-,19-,20+,21-,22-,23+,25-,26+/m0/s1. The van der Waals surface area contributed by atoms with Gasteiger partial charge in [-0.2, -0.15) is 8.42 Å². The number of carbonyl (C=O) groups is 1. The molecule has 10 atom stereocenters. The molecule has 0 bridgehead atoms. The SMILES string of the molecule is C[C@@H](CCC(=O)NCCS(=O)(=O)O)[C@H]1CC[C@H]2[C@@H]3CC[C@H]4C[C@@H](O)CC[C@]4(C)[C@H]3C[C@@H](O)[C@]12C. The molecular weight excluding hydrogens is 454 g/mol. The fraction of sp³-hybridized carbons (Fsp3) is 0.962. The van der Waals surface area contributed by atoms with Gasteiger partial charge in [-0.15, -0.1) is 0 Å². The number of carbonyl (C=O) groups excluding carboxylic acids is 1. The Hall–Kier alpha value is -0.700. The van der Waals surface area contributed by atoms with Gasteiger partial charge < -0.3 is 15.5 Å². The Morgan fingerprint density at radius 1 is 1.06 bits per heavy atom. The molecule has 0 aliphatic heterocycles. The van der Waals surface area contributed by atoms with Gasteiger partial charge in [0.15, 0.2) is 0 Å². The van der Waals surface area contributed by atoms with E-state index in [-0.39, 0.29) is 35.5 Å². The summed E-state index contributed by atoms with van der Waals surface area (Å²) in [4.78, 5) is 12.2. The Bertz CT molecular complexity index is 863. The highest BCUT2D eigenvalue weighted by molar-refractivity contribution is 7.85. The zero-order chi connectivity index (χ0) is 24.9. The third-order valence-electron chi connectivity index (χ3n) is 11.0. The van der Waals surface area contributed by atoms with Crippen LogP contribution in [0.2, 0.25) is 0 Å². The van der Waals surface area contributed by atoms with E-state index in [1.807, 2.05) is 0 Å². The molecule has 4 aliphatic carbocycles. The molecule has 0 aromatic heterocycles. The van der Waals surface area contributed by atoms with E-state index in [0.29, 0.717) is 48.3 Å². The van der Waals surface area contributed by atoms with Crippen molar-refractivity contribution in [3.05, 3.63) is 0 Å². The van der Waals surface area contributed by atoms with Crippen molar-refractivity contribution in [1.82, 2.24) is 5.32 Å². The summed E-state index contributed by atoms with van der Waals surface area (Å²) < 4.78 is 30.5. The maximum absolute atomic E-state index is 12.2. The second kappa shape index (κ2) is 9.64. The van der Waals surface area contributed by atoms with Crippen LogP contribution >= 0.6 is 0 Å². The molecule has 4 saturated carbocycles. The van der Waals surface area contributed by atoms with E-state index in [9.17, 15) is 23.4 Å². The van der Waals surface area contributed by atoms with E-state index in [1.54, 1.807) is 0 Å². The summed E-state index contributed by atoms with van der Waals surface area (Å²) in [7, 11) is -4.07. The third kappa shape index (κ3) is 4.81. The second-order valence-corrected chi connectivity index (χ2v) is 14.1. The second-order valence-electron chi connectivity index (χ2n) is 12.5. The Labute approximate surface area is 205 Å². The Kier molecular flexibility index (Phi) is 7.47. The van der Waals surface area contributed by atoms with E-state index in [2.05, 4.69) is 26.1 Å². The van der Waals surface area contributed by atoms with Crippen LogP contribution < -0.4 is 5.32 Å². The molecule has 7 nitrogen and oxygen atoms in total. The zero-order valence-corrected chi connectivity index (χ0v) is 21.9. The van der Waals surface area contributed by atoms with Crippen molar-refractivity contribution in [2.24, 2.45) is 46.3 Å². The van der Waals surface area contributed by atoms with E-state index < -0.39 is 15.9 Å². The van der Waals surface area contributed by atoms with Crippen molar-refractivity contribution in [2.45, 2.75) is 97.2 Å². The minimum Gasteiger partial charge on any atom is -0.393 e. The summed E-state index contributed by atoms with van der Waals surface area (Å²) in [6.07, 6.45) is 8.93. The Morgan fingerprint density at radius 2 is 1.79 bits per heavy atom. The number of hydrogen-bond donors (Lipinski definition) is 4. The van der Waals surface area contributed by atoms with E-state index in [0.717, 1.165) is 38.5 Å². The first kappa shape index (κ1) is 26.4. The van der Waals surface area contributed by atoms with Crippen LogP contribution in [0.1, 0.15) is 85.0 Å². The van der Waals surface area contributed by atoms with Crippen molar-refractivity contribution in [2.75, 3.05) is 12.3 Å². The minimum atomic E-state index is -4.07. The molecule has 34 heavy (non-hydrogen) atoms. The molecule has 0 aromatic carbocycles. The maximum Gasteiger partial charge on any atom is 0.266 e. The Morgan fingerprint density at radius 3 is 2.50 bits per heavy atom. The first-order valence-corrected chi connectivity index (χ1v) is 15.0. The van der Waals surface area contributed by atoms with Crippen LogP contribution in [0.5, 0.6) is 0 Å². The van der Waals surface area contributed by atoms with Gasteiger partial charge in [0.1, 0.15) is 0 Å². The molecule has 4 rings (SSSR count). The summed E-state index contributed by atoms with van der Waals surface area (Å²) in [5.41, 5.74) is 0.105. The summed E-state index contributed by atoms with van der Waals surface area (Å²) in [5.74, 6) is 2.28. The van der Waals surface area contributed by atoms with Gasteiger partial charge in [-0.1, -0.05) is 20.8 Å². The summed E-state index contributed by atoms with van der Waals surface area (Å²) in [6, 6.07) is 0. The van der Waals surface area contributed by atoms with Crippen LogP contribution in [0.15, 0.2) is 0 Å². The Balaban J connectivity index is 1.40. The normalized spacial score (nSPS) is 45.1. The number of aliphatic hydroxyl groups is 2. The average molecular weight is 500 g/mol. The van der Waals surface area contributed by atoms with E-state index in [4.69, 9.17) is 4.55 Å². The molecule has 0 heterocycles.